The van der Waals surface area contributed by atoms with Crippen molar-refractivity contribution in [2.45, 2.75) is 108 Å². The first-order chi connectivity index (χ1) is 34.7. The summed E-state index contributed by atoms with van der Waals surface area (Å²) in [6.45, 7) is 19.5. The molecule has 9 aromatic carbocycles. The van der Waals surface area contributed by atoms with Crippen molar-refractivity contribution in [1.82, 2.24) is 0 Å². The van der Waals surface area contributed by atoms with Gasteiger partial charge in [0.15, 0.2) is 0 Å². The topological polar surface area (TPSA) is 3.24 Å². The van der Waals surface area contributed by atoms with E-state index in [1.807, 2.05) is 0 Å². The molecule has 0 spiro atoms. The minimum atomic E-state index is -0.569. The van der Waals surface area contributed by atoms with Crippen LogP contribution in [-0.4, -0.2) is 0 Å². The quantitative estimate of drug-likeness (QED) is 0.147. The molecule has 9 aromatic rings. The van der Waals surface area contributed by atoms with Crippen molar-refractivity contribution in [1.29, 1.82) is 0 Å². The number of fused-ring (bicyclic) bond motifs is 5. The lowest BCUT2D eigenvalue weighted by atomic mass is 9.61. The summed E-state index contributed by atoms with van der Waals surface area (Å²) < 4.78 is 0. The highest BCUT2D eigenvalue weighted by atomic mass is 15.1. The second kappa shape index (κ2) is 17.0. The molecule has 0 saturated heterocycles. The molecule has 0 radical (unpaired) electrons. The van der Waals surface area contributed by atoms with Gasteiger partial charge in [-0.3, -0.25) is 0 Å². The number of anilines is 3. The lowest BCUT2D eigenvalue weighted by molar-refractivity contribution is 0.332. The maximum absolute atomic E-state index is 2.59. The molecule has 0 atom stereocenters. The fraction of sp³-hybridized carbons (Fsp3) is 0.239. The Morgan fingerprint density at radius 2 is 0.750 bits per heavy atom. The van der Waals surface area contributed by atoms with E-state index in [-0.39, 0.29) is 21.7 Å². The Labute approximate surface area is 429 Å². The van der Waals surface area contributed by atoms with Gasteiger partial charge in [0.1, 0.15) is 0 Å². The Morgan fingerprint density at radius 3 is 1.36 bits per heavy atom. The first-order valence-electron chi connectivity index (χ1n) is 26.4. The zero-order valence-corrected chi connectivity index (χ0v) is 43.5. The van der Waals surface area contributed by atoms with Gasteiger partial charge < -0.3 is 4.90 Å². The van der Waals surface area contributed by atoms with Crippen molar-refractivity contribution in [3.63, 3.8) is 0 Å². The number of benzene rings is 9. The molecule has 0 unspecified atom stereocenters. The number of rotatable bonds is 8. The third-order valence-corrected chi connectivity index (χ3v) is 17.5. The van der Waals surface area contributed by atoms with Crippen LogP contribution in [0.3, 0.4) is 0 Å². The highest BCUT2D eigenvalue weighted by molar-refractivity contribution is 5.98. The summed E-state index contributed by atoms with van der Waals surface area (Å²) in [7, 11) is 0. The van der Waals surface area contributed by atoms with Crippen LogP contribution in [0.25, 0.3) is 44.5 Å². The predicted octanol–water partition coefficient (Wildman–Crippen LogP) is 19.2. The first kappa shape index (κ1) is 45.9. The van der Waals surface area contributed by atoms with E-state index >= 15 is 0 Å². The second-order valence-electron chi connectivity index (χ2n) is 23.8. The van der Waals surface area contributed by atoms with Gasteiger partial charge in [-0.25, -0.2) is 0 Å². The van der Waals surface area contributed by atoms with Crippen molar-refractivity contribution in [2.75, 3.05) is 4.90 Å². The molecule has 1 nitrogen and oxygen atoms in total. The molecule has 3 aliphatic rings. The molecule has 72 heavy (non-hydrogen) atoms. The number of nitrogens with zero attached hydrogens (tertiary/aromatic N) is 1. The van der Waals surface area contributed by atoms with Gasteiger partial charge in [-0.05, 0) is 167 Å². The molecule has 0 amide bonds. The average molecular weight is 934 g/mol. The largest absolute Gasteiger partial charge is 0.310 e. The SMILES string of the molecule is CC1(C)CCC(C)(C)c2cc(-c3ccc(N(c4ccc(-c5ccccc5)cc4)c4cc5c(cc4-c4cccc6c4C(C)(C)CCC6(C)C)-c4ccccc4C5(c4ccccc4)c4ccccc4)cc3)ccc21. The average Bonchev–Trinajstić information content (AvgIpc) is 3.70. The van der Waals surface area contributed by atoms with E-state index in [1.54, 1.807) is 0 Å². The van der Waals surface area contributed by atoms with Gasteiger partial charge in [-0.2, -0.15) is 0 Å². The lowest BCUT2D eigenvalue weighted by Gasteiger charge is -2.43. The van der Waals surface area contributed by atoms with Crippen LogP contribution in [0.15, 0.2) is 212 Å². The highest BCUT2D eigenvalue weighted by Gasteiger charge is 2.48. The molecule has 0 N–H and O–H groups in total. The van der Waals surface area contributed by atoms with E-state index in [2.05, 4.69) is 273 Å². The van der Waals surface area contributed by atoms with E-state index < -0.39 is 5.41 Å². The van der Waals surface area contributed by atoms with Crippen molar-refractivity contribution in [2.24, 2.45) is 0 Å². The maximum atomic E-state index is 2.59. The number of hydrogen-bond acceptors (Lipinski definition) is 1. The minimum Gasteiger partial charge on any atom is -0.310 e. The van der Waals surface area contributed by atoms with Crippen LogP contribution in [0.1, 0.15) is 126 Å². The monoisotopic (exact) mass is 934 g/mol. The Hall–Kier alpha value is -7.22. The van der Waals surface area contributed by atoms with Gasteiger partial charge in [0, 0.05) is 16.9 Å². The van der Waals surface area contributed by atoms with Gasteiger partial charge in [-0.1, -0.05) is 231 Å². The van der Waals surface area contributed by atoms with E-state index in [4.69, 9.17) is 0 Å². The summed E-state index contributed by atoms with van der Waals surface area (Å²) in [6.07, 6.45) is 4.68. The summed E-state index contributed by atoms with van der Waals surface area (Å²) in [5, 5.41) is 0. The molecule has 0 aliphatic heterocycles. The van der Waals surface area contributed by atoms with Crippen LogP contribution in [-0.2, 0) is 27.1 Å². The molecule has 0 fully saturated rings. The number of hydrogen-bond donors (Lipinski definition) is 0. The maximum Gasteiger partial charge on any atom is 0.0714 e. The zero-order chi connectivity index (χ0) is 49.6. The predicted molar refractivity (Wildman–Crippen MR) is 305 cm³/mol. The molecule has 0 heterocycles. The first-order valence-corrected chi connectivity index (χ1v) is 26.4. The Kier molecular flexibility index (Phi) is 10.8. The molecule has 0 saturated carbocycles. The van der Waals surface area contributed by atoms with Crippen molar-refractivity contribution >= 4 is 17.1 Å². The van der Waals surface area contributed by atoms with Gasteiger partial charge >= 0.3 is 0 Å². The molecule has 0 bridgehead atoms. The molecular weight excluding hydrogens is 867 g/mol. The van der Waals surface area contributed by atoms with Crippen LogP contribution in [0, 0.1) is 0 Å². The van der Waals surface area contributed by atoms with Gasteiger partial charge in [0.05, 0.1) is 11.1 Å². The van der Waals surface area contributed by atoms with E-state index in [0.29, 0.717) is 0 Å². The van der Waals surface area contributed by atoms with Crippen LogP contribution < -0.4 is 4.90 Å². The summed E-state index contributed by atoms with van der Waals surface area (Å²) in [5.74, 6) is 0. The Bertz CT molecular complexity index is 3440. The van der Waals surface area contributed by atoms with E-state index in [0.717, 1.165) is 24.2 Å². The molecule has 3 aliphatic carbocycles. The lowest BCUT2D eigenvalue weighted by Crippen LogP contribution is -2.34. The third kappa shape index (κ3) is 7.33. The molecule has 0 aromatic heterocycles. The second-order valence-corrected chi connectivity index (χ2v) is 23.8. The fourth-order valence-corrected chi connectivity index (χ4v) is 13.3. The van der Waals surface area contributed by atoms with Crippen molar-refractivity contribution < 1.29 is 0 Å². The van der Waals surface area contributed by atoms with Crippen LogP contribution in [0.4, 0.5) is 17.1 Å². The van der Waals surface area contributed by atoms with Gasteiger partial charge in [0.2, 0.25) is 0 Å². The Balaban J connectivity index is 1.15. The zero-order valence-electron chi connectivity index (χ0n) is 43.5. The minimum absolute atomic E-state index is 0.0318. The van der Waals surface area contributed by atoms with Gasteiger partial charge in [-0.15, -0.1) is 0 Å². The van der Waals surface area contributed by atoms with Crippen molar-refractivity contribution in [3.05, 3.63) is 257 Å². The van der Waals surface area contributed by atoms with E-state index in [1.165, 1.54) is 108 Å². The summed E-state index contributed by atoms with van der Waals surface area (Å²) in [4.78, 5) is 2.57. The summed E-state index contributed by atoms with van der Waals surface area (Å²) >= 11 is 0. The Morgan fingerprint density at radius 1 is 0.292 bits per heavy atom. The summed E-state index contributed by atoms with van der Waals surface area (Å²) in [5.41, 5.74) is 24.3. The van der Waals surface area contributed by atoms with E-state index in [9.17, 15) is 0 Å². The van der Waals surface area contributed by atoms with Gasteiger partial charge in [0.25, 0.3) is 0 Å². The molecular formula is C71H67N. The fourth-order valence-electron chi connectivity index (χ4n) is 13.3. The highest BCUT2D eigenvalue weighted by Crippen LogP contribution is 2.60. The molecule has 12 rings (SSSR count). The molecule has 1 heteroatoms. The van der Waals surface area contributed by atoms with Crippen LogP contribution in [0.2, 0.25) is 0 Å². The smallest absolute Gasteiger partial charge is 0.0714 e. The standard InChI is InChI=1S/C71H67N/c1-67(2)41-42-69(5,6)64-45-51(35-40-61(64)67)50-33-38-55(39-34-50)72(54-36-31-49(32-37-54)48-21-12-9-13-22-48)65-47-63-58(46-59(65)57-28-20-30-62-66(57)70(7,8)44-43-68(62,3)4)56-27-18-19-29-60(56)71(63,52-23-14-10-15-24-52)53-25-16-11-17-26-53/h9-40,45-47H,41-44H2,1-8H3. The third-order valence-electron chi connectivity index (χ3n) is 17.5. The molecule has 356 valence electrons. The van der Waals surface area contributed by atoms with Crippen LogP contribution >= 0.6 is 0 Å². The normalized spacial score (nSPS) is 17.2. The van der Waals surface area contributed by atoms with Crippen LogP contribution in [0.5, 0.6) is 0 Å². The van der Waals surface area contributed by atoms with Crippen molar-refractivity contribution in [3.8, 4) is 44.5 Å². The summed E-state index contributed by atoms with van der Waals surface area (Å²) in [6, 6.07) is 80.9.